The van der Waals surface area contributed by atoms with Gasteiger partial charge in [-0.15, -0.1) is 0 Å². The lowest BCUT2D eigenvalue weighted by Gasteiger charge is -2.14. The van der Waals surface area contributed by atoms with E-state index in [2.05, 4.69) is 10.1 Å². The Kier molecular flexibility index (Phi) is 6.70. The Labute approximate surface area is 154 Å². The fraction of sp³-hybridized carbons (Fsp3) is 0.263. The highest BCUT2D eigenvalue weighted by molar-refractivity contribution is 6.06. The van der Waals surface area contributed by atoms with Crippen molar-refractivity contribution in [3.63, 3.8) is 0 Å². The van der Waals surface area contributed by atoms with Crippen LogP contribution < -0.4 is 14.8 Å². The molecule has 1 atom stereocenters. The summed E-state index contributed by atoms with van der Waals surface area (Å²) in [5.74, 6) is -2.40. The SMILES string of the molecule is COc1cccc(C(=O)Nc2ccc(CC(C)C(=O)O)cc2)c1OC(F)F. The van der Waals surface area contributed by atoms with Gasteiger partial charge < -0.3 is 19.9 Å². The summed E-state index contributed by atoms with van der Waals surface area (Å²) in [6.07, 6.45) is 0.353. The number of para-hydroxylation sites is 1. The molecule has 0 aliphatic rings. The van der Waals surface area contributed by atoms with Gasteiger partial charge in [0.25, 0.3) is 5.91 Å². The molecule has 0 radical (unpaired) electrons. The lowest BCUT2D eigenvalue weighted by atomic mass is 10.0. The topological polar surface area (TPSA) is 84.9 Å². The third-order valence-electron chi connectivity index (χ3n) is 3.83. The highest BCUT2D eigenvalue weighted by Gasteiger charge is 2.20. The summed E-state index contributed by atoms with van der Waals surface area (Å²) in [6.45, 7) is -1.51. The van der Waals surface area contributed by atoms with Gasteiger partial charge in [0.05, 0.1) is 18.6 Å². The minimum absolute atomic E-state index is 0.0148. The second kappa shape index (κ2) is 8.98. The Morgan fingerprint density at radius 2 is 1.81 bits per heavy atom. The Bertz CT molecular complexity index is 808. The zero-order valence-electron chi connectivity index (χ0n) is 14.7. The Balaban J connectivity index is 2.16. The van der Waals surface area contributed by atoms with Gasteiger partial charge in [-0.1, -0.05) is 25.1 Å². The van der Waals surface area contributed by atoms with E-state index in [1.165, 1.54) is 25.3 Å². The van der Waals surface area contributed by atoms with Gasteiger partial charge in [0, 0.05) is 5.69 Å². The van der Waals surface area contributed by atoms with Gasteiger partial charge in [0.1, 0.15) is 0 Å². The van der Waals surface area contributed by atoms with Gasteiger partial charge in [0.2, 0.25) is 0 Å². The first kappa shape index (κ1) is 20.2. The quantitative estimate of drug-likeness (QED) is 0.729. The molecule has 0 heterocycles. The van der Waals surface area contributed by atoms with Crippen LogP contribution in [-0.2, 0) is 11.2 Å². The number of carboxylic acid groups (broad SMARTS) is 1. The Hall–Kier alpha value is -3.16. The van der Waals surface area contributed by atoms with Crippen LogP contribution in [0.3, 0.4) is 0 Å². The number of aliphatic carboxylic acids is 1. The molecule has 0 aromatic heterocycles. The average Bonchev–Trinajstić information content (AvgIpc) is 2.62. The predicted molar refractivity (Wildman–Crippen MR) is 94.5 cm³/mol. The van der Waals surface area contributed by atoms with Crippen LogP contribution in [0.1, 0.15) is 22.8 Å². The first-order valence-corrected chi connectivity index (χ1v) is 8.06. The van der Waals surface area contributed by atoms with Crippen LogP contribution in [0.2, 0.25) is 0 Å². The molecule has 0 bridgehead atoms. The third kappa shape index (κ3) is 5.40. The first-order chi connectivity index (χ1) is 12.8. The summed E-state index contributed by atoms with van der Waals surface area (Å²) in [5.41, 5.74) is 1.13. The number of alkyl halides is 2. The minimum Gasteiger partial charge on any atom is -0.493 e. The number of nitrogens with one attached hydrogen (secondary N) is 1. The zero-order valence-corrected chi connectivity index (χ0v) is 14.7. The van der Waals surface area contributed by atoms with Crippen LogP contribution >= 0.6 is 0 Å². The molecule has 1 amide bonds. The number of rotatable bonds is 8. The van der Waals surface area contributed by atoms with Crippen LogP contribution in [0.25, 0.3) is 0 Å². The molecule has 2 N–H and O–H groups in total. The summed E-state index contributed by atoms with van der Waals surface area (Å²) in [4.78, 5) is 23.4. The number of anilines is 1. The molecule has 0 aliphatic carbocycles. The molecule has 2 aromatic carbocycles. The number of hydrogen-bond donors (Lipinski definition) is 2. The summed E-state index contributed by atoms with van der Waals surface area (Å²) < 4.78 is 34.7. The van der Waals surface area contributed by atoms with E-state index in [0.717, 1.165) is 5.56 Å². The van der Waals surface area contributed by atoms with Gasteiger partial charge in [-0.3, -0.25) is 9.59 Å². The monoisotopic (exact) mass is 379 g/mol. The maximum atomic E-state index is 12.7. The van der Waals surface area contributed by atoms with Gasteiger partial charge in [-0.2, -0.15) is 8.78 Å². The van der Waals surface area contributed by atoms with Crippen molar-refractivity contribution in [3.05, 3.63) is 53.6 Å². The zero-order chi connectivity index (χ0) is 20.0. The fourth-order valence-corrected chi connectivity index (χ4v) is 2.43. The number of ether oxygens (including phenoxy) is 2. The third-order valence-corrected chi connectivity index (χ3v) is 3.83. The summed E-state index contributed by atoms with van der Waals surface area (Å²) in [7, 11) is 1.28. The first-order valence-electron chi connectivity index (χ1n) is 8.06. The maximum Gasteiger partial charge on any atom is 0.387 e. The van der Waals surface area contributed by atoms with E-state index in [1.54, 1.807) is 31.2 Å². The van der Waals surface area contributed by atoms with Gasteiger partial charge in [-0.05, 0) is 36.2 Å². The number of amides is 1. The Morgan fingerprint density at radius 1 is 1.15 bits per heavy atom. The van der Waals surface area contributed by atoms with Crippen LogP contribution in [-0.4, -0.2) is 30.7 Å². The predicted octanol–water partition coefficient (Wildman–Crippen LogP) is 3.81. The number of hydrogen-bond acceptors (Lipinski definition) is 4. The van der Waals surface area contributed by atoms with E-state index in [4.69, 9.17) is 9.84 Å². The van der Waals surface area contributed by atoms with Crippen molar-refractivity contribution in [1.29, 1.82) is 0 Å². The van der Waals surface area contributed by atoms with Gasteiger partial charge in [0.15, 0.2) is 11.5 Å². The molecule has 144 valence electrons. The highest BCUT2D eigenvalue weighted by Crippen LogP contribution is 2.33. The molecule has 8 heteroatoms. The number of carboxylic acids is 1. The lowest BCUT2D eigenvalue weighted by molar-refractivity contribution is -0.141. The van der Waals surface area contributed by atoms with Crippen LogP contribution in [0, 0.1) is 5.92 Å². The van der Waals surface area contributed by atoms with E-state index in [0.29, 0.717) is 12.1 Å². The van der Waals surface area contributed by atoms with Crippen LogP contribution in [0.15, 0.2) is 42.5 Å². The minimum atomic E-state index is -3.11. The van der Waals surface area contributed by atoms with E-state index in [-0.39, 0.29) is 17.1 Å². The van der Waals surface area contributed by atoms with Gasteiger partial charge in [-0.25, -0.2) is 0 Å². The summed E-state index contributed by atoms with van der Waals surface area (Å²) >= 11 is 0. The maximum absolute atomic E-state index is 12.7. The number of methoxy groups -OCH3 is 1. The molecule has 0 saturated heterocycles. The fourth-order valence-electron chi connectivity index (χ4n) is 2.43. The normalized spacial score (nSPS) is 11.7. The van der Waals surface area contributed by atoms with Crippen molar-refractivity contribution >= 4 is 17.6 Å². The van der Waals surface area contributed by atoms with E-state index in [9.17, 15) is 18.4 Å². The second-order valence-corrected chi connectivity index (χ2v) is 5.81. The van der Waals surface area contributed by atoms with Crippen molar-refractivity contribution in [2.75, 3.05) is 12.4 Å². The molecule has 2 rings (SSSR count). The molecule has 1 unspecified atom stereocenters. The van der Waals surface area contributed by atoms with Crippen molar-refractivity contribution in [1.82, 2.24) is 0 Å². The van der Waals surface area contributed by atoms with E-state index < -0.39 is 24.4 Å². The smallest absolute Gasteiger partial charge is 0.387 e. The molecule has 6 nitrogen and oxygen atoms in total. The van der Waals surface area contributed by atoms with Crippen LogP contribution in [0.5, 0.6) is 11.5 Å². The molecule has 0 saturated carbocycles. The molecule has 0 fully saturated rings. The van der Waals surface area contributed by atoms with Gasteiger partial charge >= 0.3 is 12.6 Å². The number of benzene rings is 2. The Morgan fingerprint density at radius 3 is 2.37 bits per heavy atom. The van der Waals surface area contributed by atoms with E-state index in [1.807, 2.05) is 0 Å². The second-order valence-electron chi connectivity index (χ2n) is 5.81. The number of carbonyl (C=O) groups is 2. The molecular weight excluding hydrogens is 360 g/mol. The van der Waals surface area contributed by atoms with Crippen LogP contribution in [0.4, 0.5) is 14.5 Å². The summed E-state index contributed by atoms with van der Waals surface area (Å²) in [5, 5.41) is 11.5. The standard InChI is InChI=1S/C19H19F2NO5/c1-11(18(24)25)10-12-6-8-13(9-7-12)22-17(23)14-4-3-5-15(26-2)16(14)27-19(20)21/h3-9,11,19H,10H2,1-2H3,(H,22,23)(H,24,25). The average molecular weight is 379 g/mol. The lowest BCUT2D eigenvalue weighted by Crippen LogP contribution is -2.16. The van der Waals surface area contributed by atoms with E-state index >= 15 is 0 Å². The van der Waals surface area contributed by atoms with Crippen molar-refractivity contribution in [2.24, 2.45) is 5.92 Å². The molecular formula is C19H19F2NO5. The van der Waals surface area contributed by atoms with Crippen molar-refractivity contribution in [2.45, 2.75) is 20.0 Å². The number of halogens is 2. The number of carbonyl (C=O) groups excluding carboxylic acids is 1. The highest BCUT2D eigenvalue weighted by atomic mass is 19.3. The van der Waals surface area contributed by atoms with Crippen molar-refractivity contribution < 1.29 is 33.0 Å². The van der Waals surface area contributed by atoms with Crippen molar-refractivity contribution in [3.8, 4) is 11.5 Å². The molecule has 27 heavy (non-hydrogen) atoms. The molecule has 0 aliphatic heterocycles. The molecule has 0 spiro atoms. The molecule has 2 aromatic rings. The summed E-state index contributed by atoms with van der Waals surface area (Å²) in [6, 6.07) is 10.8. The largest absolute Gasteiger partial charge is 0.493 e.